The molecule has 0 aliphatic carbocycles. The van der Waals surface area contributed by atoms with Gasteiger partial charge in [-0.05, 0) is 34.6 Å². The molecule has 0 saturated heterocycles. The summed E-state index contributed by atoms with van der Waals surface area (Å²) in [5, 5.41) is 1.87. The van der Waals surface area contributed by atoms with Crippen LogP contribution in [0.5, 0.6) is 0 Å². The smallest absolute Gasteiger partial charge is 0.268 e. The van der Waals surface area contributed by atoms with Gasteiger partial charge in [-0.25, -0.2) is 0 Å². The van der Waals surface area contributed by atoms with Crippen molar-refractivity contribution < 1.29 is 4.79 Å². The Morgan fingerprint density at radius 3 is 2.48 bits per heavy atom. The summed E-state index contributed by atoms with van der Waals surface area (Å²) >= 11 is 2.74. The summed E-state index contributed by atoms with van der Waals surface area (Å²) in [6.45, 7) is 4.31. The number of hydrogen-bond acceptors (Lipinski definition) is 4. The number of aromatic nitrogens is 1. The molecule has 0 aliphatic rings. The Balaban J connectivity index is 2.01. The van der Waals surface area contributed by atoms with Crippen LogP contribution < -0.4 is 14.8 Å². The molecule has 0 aliphatic heterocycles. The van der Waals surface area contributed by atoms with Crippen LogP contribution >= 0.6 is 22.7 Å². The lowest BCUT2D eigenvalue weighted by Crippen LogP contribution is -2.29. The predicted molar refractivity (Wildman–Crippen MR) is 106 cm³/mol. The van der Waals surface area contributed by atoms with E-state index >= 15 is 0 Å². The van der Waals surface area contributed by atoms with Crippen LogP contribution in [0.1, 0.15) is 40.6 Å². The van der Waals surface area contributed by atoms with Crippen LogP contribution in [0.4, 0.5) is 0 Å². The van der Waals surface area contributed by atoms with Crippen LogP contribution in [0.3, 0.4) is 0 Å². The zero-order chi connectivity index (χ0) is 18.0. The van der Waals surface area contributed by atoms with E-state index < -0.39 is 0 Å². The minimum atomic E-state index is -0.0804. The molecule has 0 unspecified atom stereocenters. The number of hydrogen-bond donors (Lipinski definition) is 0. The van der Waals surface area contributed by atoms with Crippen molar-refractivity contribution in [2.24, 2.45) is 7.05 Å². The highest BCUT2D eigenvalue weighted by Gasteiger charge is 2.06. The highest BCUT2D eigenvalue weighted by Crippen LogP contribution is 2.14. The lowest BCUT2D eigenvalue weighted by Gasteiger charge is -2.04. The SMILES string of the molecule is CC(C)c1ccc(/C=c2\s/c(=C\C(=O)c3cccs3)n(C)c2=O)cc1. The molecule has 0 amide bonds. The molecular weight excluding hydrogens is 350 g/mol. The highest BCUT2D eigenvalue weighted by molar-refractivity contribution is 7.12. The number of carbonyl (C=O) groups is 1. The van der Waals surface area contributed by atoms with Gasteiger partial charge in [0.15, 0.2) is 5.78 Å². The predicted octanol–water partition coefficient (Wildman–Crippen LogP) is 3.12. The first-order chi connectivity index (χ1) is 12.0. The van der Waals surface area contributed by atoms with Gasteiger partial charge in [-0.1, -0.05) is 44.2 Å². The molecule has 0 bridgehead atoms. The van der Waals surface area contributed by atoms with E-state index in [1.165, 1.54) is 38.9 Å². The van der Waals surface area contributed by atoms with Gasteiger partial charge < -0.3 is 4.57 Å². The first kappa shape index (κ1) is 17.6. The quantitative estimate of drug-likeness (QED) is 0.663. The summed E-state index contributed by atoms with van der Waals surface area (Å²) < 4.78 is 2.82. The van der Waals surface area contributed by atoms with Crippen molar-refractivity contribution in [1.82, 2.24) is 4.57 Å². The van der Waals surface area contributed by atoms with Gasteiger partial charge in [-0.2, -0.15) is 0 Å². The molecule has 3 rings (SSSR count). The standard InChI is InChI=1S/C20H19NO2S2/c1-13(2)15-8-6-14(7-9-15)11-18-20(23)21(3)19(25-18)12-16(22)17-5-4-10-24-17/h4-13H,1-3H3/b18-11-,19-12-. The number of thiophene rings is 1. The molecule has 2 aromatic heterocycles. The van der Waals surface area contributed by atoms with Gasteiger partial charge in [0.05, 0.1) is 9.41 Å². The number of carbonyl (C=O) groups excluding carboxylic acids is 1. The lowest BCUT2D eigenvalue weighted by atomic mass is 10.0. The molecule has 0 saturated carbocycles. The summed E-state index contributed by atoms with van der Waals surface area (Å²) in [6, 6.07) is 11.9. The molecule has 0 spiro atoms. The highest BCUT2D eigenvalue weighted by atomic mass is 32.1. The second-order valence-corrected chi connectivity index (χ2v) is 8.13. The molecule has 0 N–H and O–H groups in total. The normalized spacial score (nSPS) is 13.0. The monoisotopic (exact) mass is 369 g/mol. The number of benzene rings is 1. The fourth-order valence-electron chi connectivity index (χ4n) is 2.44. The second-order valence-electron chi connectivity index (χ2n) is 6.12. The van der Waals surface area contributed by atoms with E-state index in [0.717, 1.165) is 5.56 Å². The van der Waals surface area contributed by atoms with Crippen LogP contribution in [0.2, 0.25) is 0 Å². The summed E-state index contributed by atoms with van der Waals surface area (Å²) in [4.78, 5) is 25.4. The van der Waals surface area contributed by atoms with E-state index in [1.807, 2.05) is 29.7 Å². The fourth-order valence-corrected chi connectivity index (χ4v) is 4.10. The molecule has 0 radical (unpaired) electrons. The number of Topliss-reactive ketones (excluding diaryl/α,β-unsaturated/α-hetero) is 1. The minimum Gasteiger partial charge on any atom is -0.302 e. The molecule has 0 fully saturated rings. The van der Waals surface area contributed by atoms with E-state index in [9.17, 15) is 9.59 Å². The number of nitrogens with zero attached hydrogens (tertiary/aromatic N) is 1. The zero-order valence-corrected chi connectivity index (χ0v) is 16.0. The van der Waals surface area contributed by atoms with Gasteiger partial charge in [0, 0.05) is 13.1 Å². The van der Waals surface area contributed by atoms with E-state index in [2.05, 4.69) is 26.0 Å². The van der Waals surface area contributed by atoms with Gasteiger partial charge >= 0.3 is 0 Å². The van der Waals surface area contributed by atoms with Gasteiger partial charge in [-0.3, -0.25) is 9.59 Å². The van der Waals surface area contributed by atoms with Crippen LogP contribution in [-0.2, 0) is 7.05 Å². The van der Waals surface area contributed by atoms with Crippen molar-refractivity contribution in [1.29, 1.82) is 0 Å². The van der Waals surface area contributed by atoms with Crippen molar-refractivity contribution in [2.45, 2.75) is 19.8 Å². The summed E-state index contributed by atoms with van der Waals surface area (Å²) in [5.41, 5.74) is 2.18. The molecule has 3 aromatic rings. The van der Waals surface area contributed by atoms with Crippen LogP contribution in [0.25, 0.3) is 12.2 Å². The maximum absolute atomic E-state index is 12.5. The zero-order valence-electron chi connectivity index (χ0n) is 14.4. The van der Waals surface area contributed by atoms with Gasteiger partial charge in [0.2, 0.25) is 0 Å². The molecule has 128 valence electrons. The van der Waals surface area contributed by atoms with Gasteiger partial charge in [-0.15, -0.1) is 22.7 Å². The first-order valence-corrected chi connectivity index (χ1v) is 9.72. The first-order valence-electron chi connectivity index (χ1n) is 8.03. The third kappa shape index (κ3) is 3.89. The maximum Gasteiger partial charge on any atom is 0.268 e. The second kappa shape index (κ2) is 7.33. The van der Waals surface area contributed by atoms with Crippen molar-refractivity contribution in [2.75, 3.05) is 0 Å². The Bertz CT molecular complexity index is 1050. The molecule has 2 heterocycles. The van der Waals surface area contributed by atoms with Crippen LogP contribution in [-0.4, -0.2) is 10.4 Å². The summed E-state index contributed by atoms with van der Waals surface area (Å²) in [5.74, 6) is 0.410. The minimum absolute atomic E-state index is 0.0697. The molecular formula is C20H19NO2S2. The number of ketones is 1. The fraction of sp³-hybridized carbons (Fsp3) is 0.200. The largest absolute Gasteiger partial charge is 0.302 e. The topological polar surface area (TPSA) is 39.1 Å². The Morgan fingerprint density at radius 2 is 1.88 bits per heavy atom. The van der Waals surface area contributed by atoms with Gasteiger partial charge in [0.1, 0.15) is 4.66 Å². The molecule has 3 nitrogen and oxygen atoms in total. The Hall–Kier alpha value is -2.24. The van der Waals surface area contributed by atoms with Crippen LogP contribution in [0, 0.1) is 0 Å². The van der Waals surface area contributed by atoms with Crippen molar-refractivity contribution >= 4 is 40.6 Å². The van der Waals surface area contributed by atoms with Crippen molar-refractivity contribution in [3.8, 4) is 0 Å². The van der Waals surface area contributed by atoms with Gasteiger partial charge in [0.25, 0.3) is 5.56 Å². The molecule has 0 atom stereocenters. The molecule has 5 heteroatoms. The lowest BCUT2D eigenvalue weighted by molar-refractivity contribution is 0.106. The molecule has 1 aromatic carbocycles. The average Bonchev–Trinajstić information content (AvgIpc) is 3.21. The van der Waals surface area contributed by atoms with Crippen molar-refractivity contribution in [3.05, 3.63) is 77.3 Å². The Labute approximate surface area is 154 Å². The average molecular weight is 370 g/mol. The molecule has 25 heavy (non-hydrogen) atoms. The van der Waals surface area contributed by atoms with E-state index in [4.69, 9.17) is 0 Å². The van der Waals surface area contributed by atoms with Crippen molar-refractivity contribution in [3.63, 3.8) is 0 Å². The number of rotatable bonds is 4. The van der Waals surface area contributed by atoms with E-state index in [0.29, 0.717) is 20.0 Å². The maximum atomic E-state index is 12.5. The Morgan fingerprint density at radius 1 is 1.16 bits per heavy atom. The summed E-state index contributed by atoms with van der Waals surface area (Å²) in [7, 11) is 1.70. The summed E-state index contributed by atoms with van der Waals surface area (Å²) in [6.07, 6.45) is 3.42. The number of thiazole rings is 1. The third-order valence-electron chi connectivity index (χ3n) is 3.98. The van der Waals surface area contributed by atoms with E-state index in [1.54, 1.807) is 13.1 Å². The Kier molecular flexibility index (Phi) is 5.16. The van der Waals surface area contributed by atoms with E-state index in [-0.39, 0.29) is 11.3 Å². The van der Waals surface area contributed by atoms with Crippen LogP contribution in [0.15, 0.2) is 46.6 Å². The third-order valence-corrected chi connectivity index (χ3v) is 5.98.